The first kappa shape index (κ1) is 33.8. The molecule has 3 rings (SSSR count). The van der Waals surface area contributed by atoms with Gasteiger partial charge in [-0.2, -0.15) is 0 Å². The van der Waals surface area contributed by atoms with Gasteiger partial charge in [0, 0.05) is 32.9 Å². The molecule has 0 aliphatic carbocycles. The maximum Gasteiger partial charge on any atom is 0.305 e. The number of unbranched alkanes of at least 4 members (excludes halogenated alkanes) is 3. The van der Waals surface area contributed by atoms with E-state index in [2.05, 4.69) is 20.5 Å². The number of aromatic nitrogens is 2. The minimum atomic E-state index is -0.877. The number of nitrogens with one attached hydrogen (secondary N) is 2. The van der Waals surface area contributed by atoms with Crippen LogP contribution in [0.25, 0.3) is 10.9 Å². The van der Waals surface area contributed by atoms with E-state index in [9.17, 15) is 24.3 Å². The molecule has 1 aromatic heterocycles. The Morgan fingerprint density at radius 1 is 1.07 bits per heavy atom. The highest BCUT2D eigenvalue weighted by molar-refractivity contribution is 5.93. The van der Waals surface area contributed by atoms with Crippen molar-refractivity contribution in [3.63, 3.8) is 0 Å². The molecule has 1 fully saturated rings. The fourth-order valence-electron chi connectivity index (χ4n) is 5.43. The SMILES string of the molecule is COC(=O)CCCCCCC(=O)NC(C(=O)N1C[C@H](O)C[C@H]1C(=O)N[C@@H](C)c1ccc2c(c1)c(OC)nn2C)C(C)(C)C. The average Bonchev–Trinajstić information content (AvgIpc) is 3.51. The molecule has 0 bridgehead atoms. The molecule has 1 aliphatic rings. The number of nitrogens with zero attached hydrogens (tertiary/aromatic N) is 3. The zero-order valence-corrected chi connectivity index (χ0v) is 26.4. The van der Waals surface area contributed by atoms with E-state index in [1.807, 2.05) is 52.9 Å². The fraction of sp³-hybridized carbons (Fsp3) is 0.645. The smallest absolute Gasteiger partial charge is 0.305 e. The molecule has 1 unspecified atom stereocenters. The van der Waals surface area contributed by atoms with Gasteiger partial charge >= 0.3 is 5.97 Å². The van der Waals surface area contributed by atoms with Crippen LogP contribution in [0.1, 0.15) is 84.2 Å². The highest BCUT2D eigenvalue weighted by Crippen LogP contribution is 2.29. The summed E-state index contributed by atoms with van der Waals surface area (Å²) in [5.74, 6) is -0.782. The molecule has 2 heterocycles. The summed E-state index contributed by atoms with van der Waals surface area (Å²) in [7, 11) is 4.75. The number of aliphatic hydroxyl groups is 1. The zero-order valence-electron chi connectivity index (χ0n) is 26.4. The molecule has 238 valence electrons. The van der Waals surface area contributed by atoms with Gasteiger partial charge in [-0.15, -0.1) is 5.10 Å². The van der Waals surface area contributed by atoms with E-state index in [4.69, 9.17) is 4.74 Å². The molecule has 1 aliphatic heterocycles. The number of benzene rings is 1. The number of aryl methyl sites for hydroxylation is 1. The van der Waals surface area contributed by atoms with Crippen LogP contribution in [0.2, 0.25) is 0 Å². The number of carbonyl (C=O) groups excluding carboxylic acids is 4. The van der Waals surface area contributed by atoms with E-state index in [1.54, 1.807) is 11.8 Å². The van der Waals surface area contributed by atoms with Gasteiger partial charge in [-0.05, 0) is 42.9 Å². The summed E-state index contributed by atoms with van der Waals surface area (Å²) in [5.41, 5.74) is 1.10. The molecule has 0 radical (unpaired) electrons. The number of β-amino-alcohol motifs (C(OH)–C–C–N with tert-alkyl or cyclic N) is 1. The lowest BCUT2D eigenvalue weighted by atomic mass is 9.85. The molecule has 1 aromatic carbocycles. The van der Waals surface area contributed by atoms with E-state index in [-0.39, 0.29) is 43.2 Å². The zero-order chi connectivity index (χ0) is 31.9. The van der Waals surface area contributed by atoms with E-state index in [1.165, 1.54) is 12.0 Å². The number of amides is 3. The Morgan fingerprint density at radius 3 is 2.37 bits per heavy atom. The largest absolute Gasteiger partial charge is 0.479 e. The fourth-order valence-corrected chi connectivity index (χ4v) is 5.43. The molecule has 12 nitrogen and oxygen atoms in total. The van der Waals surface area contributed by atoms with Gasteiger partial charge in [0.1, 0.15) is 12.1 Å². The minimum Gasteiger partial charge on any atom is -0.479 e. The standard InChI is InChI=1S/C31H47N5O7/c1-19(20-14-15-23-22(16-20)29(43-7)34-35(23)5)32-28(40)24-17-21(37)18-36(24)30(41)27(31(2,3)4)33-25(38)12-10-8-9-11-13-26(39)42-6/h14-16,19,21,24,27,37H,8-13,17-18H2,1-7H3,(H,32,40)(H,33,38)/t19-,21+,24-,27?/m0/s1. The van der Waals surface area contributed by atoms with Crippen molar-refractivity contribution in [1.29, 1.82) is 0 Å². The third-order valence-electron chi connectivity index (χ3n) is 7.94. The second-order valence-electron chi connectivity index (χ2n) is 12.4. The summed E-state index contributed by atoms with van der Waals surface area (Å²) in [5, 5.41) is 21.5. The molecule has 3 amide bonds. The van der Waals surface area contributed by atoms with Crippen LogP contribution in [0, 0.1) is 5.41 Å². The summed E-state index contributed by atoms with van der Waals surface area (Å²) in [6.45, 7) is 7.43. The van der Waals surface area contributed by atoms with Gasteiger partial charge < -0.3 is 30.1 Å². The first-order valence-corrected chi connectivity index (χ1v) is 14.9. The number of rotatable bonds is 13. The van der Waals surface area contributed by atoms with Crippen molar-refractivity contribution >= 4 is 34.6 Å². The third-order valence-corrected chi connectivity index (χ3v) is 7.94. The highest BCUT2D eigenvalue weighted by Gasteiger charge is 2.44. The number of fused-ring (bicyclic) bond motifs is 1. The van der Waals surface area contributed by atoms with E-state index >= 15 is 0 Å². The van der Waals surface area contributed by atoms with Crippen LogP contribution in [-0.2, 0) is 31.0 Å². The van der Waals surface area contributed by atoms with E-state index in [0.717, 1.165) is 29.3 Å². The van der Waals surface area contributed by atoms with Crippen molar-refractivity contribution in [1.82, 2.24) is 25.3 Å². The topological polar surface area (TPSA) is 152 Å². The molecule has 1 saturated heterocycles. The van der Waals surface area contributed by atoms with Crippen LogP contribution in [0.3, 0.4) is 0 Å². The van der Waals surface area contributed by atoms with E-state index in [0.29, 0.717) is 25.1 Å². The number of carbonyl (C=O) groups is 4. The number of ether oxygens (including phenoxy) is 2. The Morgan fingerprint density at radius 2 is 1.74 bits per heavy atom. The predicted octanol–water partition coefficient (Wildman–Crippen LogP) is 2.77. The maximum atomic E-state index is 13.8. The van der Waals surface area contributed by atoms with Crippen molar-refractivity contribution in [3.05, 3.63) is 23.8 Å². The Bertz CT molecular complexity index is 1300. The summed E-state index contributed by atoms with van der Waals surface area (Å²) in [6, 6.07) is 3.60. The molecular formula is C31H47N5O7. The predicted molar refractivity (Wildman–Crippen MR) is 161 cm³/mol. The van der Waals surface area contributed by atoms with Gasteiger partial charge in [-0.1, -0.05) is 39.7 Å². The van der Waals surface area contributed by atoms with Crippen LogP contribution in [0.15, 0.2) is 18.2 Å². The van der Waals surface area contributed by atoms with E-state index < -0.39 is 29.5 Å². The van der Waals surface area contributed by atoms with Crippen LogP contribution in [-0.4, -0.2) is 82.4 Å². The second-order valence-corrected chi connectivity index (χ2v) is 12.4. The van der Waals surface area contributed by atoms with Gasteiger partial charge in [0.05, 0.1) is 37.3 Å². The summed E-state index contributed by atoms with van der Waals surface area (Å²) in [6.07, 6.45) is 2.75. The first-order chi connectivity index (χ1) is 20.3. The summed E-state index contributed by atoms with van der Waals surface area (Å²) in [4.78, 5) is 52.8. The van der Waals surface area contributed by atoms with Crippen molar-refractivity contribution < 1.29 is 33.8 Å². The van der Waals surface area contributed by atoms with Gasteiger partial charge in [0.15, 0.2) is 0 Å². The Balaban J connectivity index is 1.64. The van der Waals surface area contributed by atoms with Crippen molar-refractivity contribution in [2.24, 2.45) is 12.5 Å². The third kappa shape index (κ3) is 8.68. The number of hydrogen-bond donors (Lipinski definition) is 3. The van der Waals surface area contributed by atoms with Crippen LogP contribution in [0.4, 0.5) is 0 Å². The molecule has 0 saturated carbocycles. The van der Waals surface area contributed by atoms with Crippen molar-refractivity contribution in [2.45, 2.75) is 96.9 Å². The van der Waals surface area contributed by atoms with Crippen LogP contribution < -0.4 is 15.4 Å². The molecule has 12 heteroatoms. The summed E-state index contributed by atoms with van der Waals surface area (Å²) < 4.78 is 11.8. The lowest BCUT2D eigenvalue weighted by Gasteiger charge is -2.35. The Kier molecular flexibility index (Phi) is 11.5. The van der Waals surface area contributed by atoms with Gasteiger partial charge in [-0.25, -0.2) is 0 Å². The molecule has 2 aromatic rings. The first-order valence-electron chi connectivity index (χ1n) is 14.9. The van der Waals surface area contributed by atoms with Gasteiger partial charge in [-0.3, -0.25) is 23.9 Å². The summed E-state index contributed by atoms with van der Waals surface area (Å²) >= 11 is 0. The van der Waals surface area contributed by atoms with Gasteiger partial charge in [0.25, 0.3) is 0 Å². The number of aliphatic hydroxyl groups excluding tert-OH is 1. The lowest BCUT2D eigenvalue weighted by Crippen LogP contribution is -2.57. The quantitative estimate of drug-likeness (QED) is 0.234. The molecule has 0 spiro atoms. The minimum absolute atomic E-state index is 0.00673. The van der Waals surface area contributed by atoms with Crippen molar-refractivity contribution in [3.8, 4) is 5.88 Å². The number of esters is 1. The average molecular weight is 602 g/mol. The molecular weight excluding hydrogens is 554 g/mol. The maximum absolute atomic E-state index is 13.8. The highest BCUT2D eigenvalue weighted by atomic mass is 16.5. The number of hydrogen-bond acceptors (Lipinski definition) is 8. The Labute approximate surface area is 253 Å². The van der Waals surface area contributed by atoms with Crippen LogP contribution >= 0.6 is 0 Å². The monoisotopic (exact) mass is 601 g/mol. The Hall–Kier alpha value is -3.67. The normalized spacial score (nSPS) is 18.3. The molecule has 4 atom stereocenters. The van der Waals surface area contributed by atoms with Crippen molar-refractivity contribution in [2.75, 3.05) is 20.8 Å². The number of likely N-dealkylation sites (tertiary alicyclic amines) is 1. The molecule has 43 heavy (non-hydrogen) atoms. The second kappa shape index (κ2) is 14.7. The lowest BCUT2D eigenvalue weighted by molar-refractivity contribution is -0.144. The number of methoxy groups -OCH3 is 2. The van der Waals surface area contributed by atoms with Gasteiger partial charge in [0.2, 0.25) is 23.6 Å². The molecule has 3 N–H and O–H groups in total. The van der Waals surface area contributed by atoms with Crippen LogP contribution in [0.5, 0.6) is 5.88 Å².